The monoisotopic (exact) mass is 215 g/mol. The zero-order valence-corrected chi connectivity index (χ0v) is 9.68. The van der Waals surface area contributed by atoms with Crippen LogP contribution >= 0.6 is 0 Å². The van der Waals surface area contributed by atoms with Crippen molar-refractivity contribution in [1.29, 1.82) is 0 Å². The van der Waals surface area contributed by atoms with Gasteiger partial charge in [-0.25, -0.2) is 0 Å². The molecule has 1 nitrogen and oxygen atoms in total. The van der Waals surface area contributed by atoms with Crippen molar-refractivity contribution in [2.45, 2.75) is 26.7 Å². The van der Waals surface area contributed by atoms with Crippen molar-refractivity contribution >= 4 is 0 Å². The number of fused-ring (bicyclic) bond motifs is 1. The second-order valence-corrected chi connectivity index (χ2v) is 2.91. The molecule has 2 rings (SSSR count). The maximum absolute atomic E-state index is 5.30. The Hall–Kier alpha value is -0.396. The first-order valence-electron chi connectivity index (χ1n) is 4.59. The molecule has 0 amide bonds. The number of para-hydroxylation sites is 1. The molecular weight excluding hydrogens is 199 g/mol. The summed E-state index contributed by atoms with van der Waals surface area (Å²) in [6.45, 7) is 5.11. The van der Waals surface area contributed by atoms with Gasteiger partial charge in [0.2, 0.25) is 0 Å². The van der Waals surface area contributed by atoms with E-state index >= 15 is 0 Å². The first-order chi connectivity index (χ1) is 5.88. The zero-order chi connectivity index (χ0) is 8.81. The van der Waals surface area contributed by atoms with Gasteiger partial charge in [-0.3, -0.25) is 0 Å². The summed E-state index contributed by atoms with van der Waals surface area (Å²) in [6.07, 6.45) is 2.33. The first-order valence-corrected chi connectivity index (χ1v) is 4.59. The minimum atomic E-state index is 0. The molecule has 0 aliphatic carbocycles. The minimum Gasteiger partial charge on any atom is -0.493 e. The molecule has 0 saturated heterocycles. The predicted molar refractivity (Wildman–Crippen MR) is 51.6 cm³/mol. The molecule has 1 aromatic rings. The van der Waals surface area contributed by atoms with E-state index in [1.54, 1.807) is 0 Å². The SMILES string of the molecule is CCC.[V].c1ccc2c(c1)CCO2. The first kappa shape index (κ1) is 12.6. The molecule has 1 aromatic carbocycles. The fourth-order valence-electron chi connectivity index (χ4n) is 1.12. The van der Waals surface area contributed by atoms with Crippen LogP contribution in [0.3, 0.4) is 0 Å². The quantitative estimate of drug-likeness (QED) is 0.646. The fourth-order valence-corrected chi connectivity index (χ4v) is 1.12. The van der Waals surface area contributed by atoms with Crippen LogP contribution in [0.5, 0.6) is 5.75 Å². The summed E-state index contributed by atoms with van der Waals surface area (Å²) in [5, 5.41) is 0. The van der Waals surface area contributed by atoms with Crippen LogP contribution in [0.1, 0.15) is 25.8 Å². The molecule has 1 aliphatic heterocycles. The Bertz CT molecular complexity index is 212. The average molecular weight is 215 g/mol. The van der Waals surface area contributed by atoms with Gasteiger partial charge in [-0.05, 0) is 11.6 Å². The van der Waals surface area contributed by atoms with Crippen molar-refractivity contribution in [3.8, 4) is 5.75 Å². The Labute approximate surface area is 92.4 Å². The maximum atomic E-state index is 5.30. The number of hydrogen-bond donors (Lipinski definition) is 0. The fraction of sp³-hybridized carbons (Fsp3) is 0.455. The zero-order valence-electron chi connectivity index (χ0n) is 8.29. The average Bonchev–Trinajstić information content (AvgIpc) is 2.52. The van der Waals surface area contributed by atoms with E-state index in [0.29, 0.717) is 0 Å². The molecule has 0 unspecified atom stereocenters. The van der Waals surface area contributed by atoms with Gasteiger partial charge in [0.15, 0.2) is 0 Å². The van der Waals surface area contributed by atoms with Crippen LogP contribution in [-0.2, 0) is 25.0 Å². The Morgan fingerprint density at radius 3 is 2.46 bits per heavy atom. The number of rotatable bonds is 0. The summed E-state index contributed by atoms with van der Waals surface area (Å²) in [5.41, 5.74) is 1.34. The molecule has 0 saturated carbocycles. The molecule has 0 aromatic heterocycles. The van der Waals surface area contributed by atoms with Crippen LogP contribution in [0.2, 0.25) is 0 Å². The van der Waals surface area contributed by atoms with E-state index in [-0.39, 0.29) is 18.6 Å². The van der Waals surface area contributed by atoms with Crippen molar-refractivity contribution in [1.82, 2.24) is 0 Å². The van der Waals surface area contributed by atoms with Gasteiger partial charge in [0.25, 0.3) is 0 Å². The smallest absolute Gasteiger partial charge is 0.122 e. The summed E-state index contributed by atoms with van der Waals surface area (Å²) in [5.74, 6) is 1.07. The van der Waals surface area contributed by atoms with Gasteiger partial charge in [0.05, 0.1) is 6.61 Å². The number of benzene rings is 1. The van der Waals surface area contributed by atoms with E-state index in [9.17, 15) is 0 Å². The van der Waals surface area contributed by atoms with Crippen molar-refractivity contribution in [2.75, 3.05) is 6.61 Å². The van der Waals surface area contributed by atoms with E-state index in [1.807, 2.05) is 18.2 Å². The van der Waals surface area contributed by atoms with Gasteiger partial charge in [-0.1, -0.05) is 38.5 Å². The van der Waals surface area contributed by atoms with Gasteiger partial charge < -0.3 is 4.74 Å². The van der Waals surface area contributed by atoms with E-state index in [1.165, 1.54) is 12.0 Å². The van der Waals surface area contributed by atoms with Crippen molar-refractivity contribution in [3.63, 3.8) is 0 Å². The molecule has 1 aliphatic rings. The van der Waals surface area contributed by atoms with Crippen molar-refractivity contribution in [2.24, 2.45) is 0 Å². The largest absolute Gasteiger partial charge is 0.493 e. The normalized spacial score (nSPS) is 11.5. The number of hydrogen-bond acceptors (Lipinski definition) is 1. The Morgan fingerprint density at radius 1 is 1.23 bits per heavy atom. The van der Waals surface area contributed by atoms with Crippen LogP contribution in [-0.4, -0.2) is 6.61 Å². The van der Waals surface area contributed by atoms with E-state index < -0.39 is 0 Å². The summed E-state index contributed by atoms with van der Waals surface area (Å²) in [6, 6.07) is 8.18. The summed E-state index contributed by atoms with van der Waals surface area (Å²) >= 11 is 0. The van der Waals surface area contributed by atoms with Gasteiger partial charge in [0.1, 0.15) is 5.75 Å². The van der Waals surface area contributed by atoms with Gasteiger partial charge in [0, 0.05) is 25.0 Å². The summed E-state index contributed by atoms with van der Waals surface area (Å²) in [4.78, 5) is 0. The molecular formula is C11H16OV. The molecule has 2 heteroatoms. The molecule has 71 valence electrons. The third-order valence-electron chi connectivity index (χ3n) is 1.60. The van der Waals surface area contributed by atoms with Gasteiger partial charge >= 0.3 is 0 Å². The van der Waals surface area contributed by atoms with E-state index in [0.717, 1.165) is 18.8 Å². The predicted octanol–water partition coefficient (Wildman–Crippen LogP) is 3.04. The second-order valence-electron chi connectivity index (χ2n) is 2.91. The molecule has 0 spiro atoms. The Morgan fingerprint density at radius 2 is 1.85 bits per heavy atom. The van der Waals surface area contributed by atoms with Crippen LogP contribution in [0.4, 0.5) is 0 Å². The number of ether oxygens (including phenoxy) is 1. The van der Waals surface area contributed by atoms with Gasteiger partial charge in [-0.15, -0.1) is 0 Å². The Kier molecular flexibility index (Phi) is 6.84. The molecule has 13 heavy (non-hydrogen) atoms. The molecule has 0 atom stereocenters. The van der Waals surface area contributed by atoms with Crippen LogP contribution in [0.25, 0.3) is 0 Å². The topological polar surface area (TPSA) is 9.23 Å². The van der Waals surface area contributed by atoms with Crippen LogP contribution < -0.4 is 4.74 Å². The Balaban J connectivity index is 0.000000324. The maximum Gasteiger partial charge on any atom is 0.122 e. The summed E-state index contributed by atoms with van der Waals surface area (Å²) < 4.78 is 5.30. The molecule has 0 N–H and O–H groups in total. The standard InChI is InChI=1S/C8H8O.C3H8.V/c1-2-4-8-7(3-1)5-6-9-8;1-3-2;/h1-4H,5-6H2;3H2,1-2H3;. The molecule has 1 heterocycles. The minimum absolute atomic E-state index is 0. The molecule has 0 bridgehead atoms. The van der Waals surface area contributed by atoms with Crippen molar-refractivity contribution < 1.29 is 23.3 Å². The van der Waals surface area contributed by atoms with Crippen LogP contribution in [0.15, 0.2) is 24.3 Å². The third kappa shape index (κ3) is 3.88. The van der Waals surface area contributed by atoms with Crippen LogP contribution in [0, 0.1) is 0 Å². The molecule has 0 fully saturated rings. The second kappa shape index (κ2) is 7.05. The van der Waals surface area contributed by atoms with E-state index in [4.69, 9.17) is 4.74 Å². The van der Waals surface area contributed by atoms with E-state index in [2.05, 4.69) is 19.9 Å². The summed E-state index contributed by atoms with van der Waals surface area (Å²) in [7, 11) is 0. The third-order valence-corrected chi connectivity index (χ3v) is 1.60. The van der Waals surface area contributed by atoms with Gasteiger partial charge in [-0.2, -0.15) is 0 Å². The van der Waals surface area contributed by atoms with Crippen molar-refractivity contribution in [3.05, 3.63) is 29.8 Å². The molecule has 1 radical (unpaired) electrons.